The van der Waals surface area contributed by atoms with Gasteiger partial charge < -0.3 is 9.88 Å². The maximum Gasteiger partial charge on any atom is 0.248 e. The van der Waals surface area contributed by atoms with E-state index in [-0.39, 0.29) is 28.9 Å². The highest BCUT2D eigenvalue weighted by Crippen LogP contribution is 2.20. The smallest absolute Gasteiger partial charge is 0.248 e. The summed E-state index contributed by atoms with van der Waals surface area (Å²) in [5, 5.41) is 0.600. The number of benzene rings is 2. The Kier molecular flexibility index (Phi) is 6.38. The highest BCUT2D eigenvalue weighted by molar-refractivity contribution is 7.89. The van der Waals surface area contributed by atoms with Gasteiger partial charge in [-0.3, -0.25) is 9.59 Å². The topological polar surface area (TPSA) is 90.6 Å². The van der Waals surface area contributed by atoms with Crippen LogP contribution in [0.1, 0.15) is 19.4 Å². The standard InChI is InChI=1S/C22H25N3O4S/c1-16(2)25(14-17-7-5-4-6-8-17)22(27)15-24(3)30(28,29)19-10-11-20-18(13-19)9-12-21(26)23-20/h4-13,16H,14-15H2,1-3H3,(H,23,26). The van der Waals surface area contributed by atoms with Gasteiger partial charge in [-0.1, -0.05) is 30.3 Å². The maximum atomic E-state index is 13.0. The Labute approximate surface area is 176 Å². The van der Waals surface area contributed by atoms with Crippen molar-refractivity contribution >= 4 is 26.8 Å². The number of aromatic nitrogens is 1. The van der Waals surface area contributed by atoms with Crippen molar-refractivity contribution in [3.63, 3.8) is 0 Å². The van der Waals surface area contributed by atoms with Crippen LogP contribution in [0.2, 0.25) is 0 Å². The first-order valence-corrected chi connectivity index (χ1v) is 11.1. The number of pyridine rings is 1. The number of H-pyrrole nitrogens is 1. The van der Waals surface area contributed by atoms with Crippen LogP contribution in [-0.2, 0) is 21.4 Å². The molecule has 1 N–H and O–H groups in total. The van der Waals surface area contributed by atoms with E-state index in [1.54, 1.807) is 17.0 Å². The van der Waals surface area contributed by atoms with Crippen LogP contribution in [-0.4, -0.2) is 48.1 Å². The fourth-order valence-corrected chi connectivity index (χ4v) is 4.33. The Bertz CT molecular complexity index is 1200. The van der Waals surface area contributed by atoms with Gasteiger partial charge >= 0.3 is 0 Å². The number of nitrogens with one attached hydrogen (secondary N) is 1. The van der Waals surface area contributed by atoms with Crippen molar-refractivity contribution in [1.29, 1.82) is 0 Å². The highest BCUT2D eigenvalue weighted by Gasteiger charge is 2.26. The SMILES string of the molecule is CC(C)N(Cc1ccccc1)C(=O)CN(C)S(=O)(=O)c1ccc2[nH]c(=O)ccc2c1. The average molecular weight is 428 g/mol. The number of amides is 1. The van der Waals surface area contributed by atoms with E-state index in [0.717, 1.165) is 9.87 Å². The van der Waals surface area contributed by atoms with Gasteiger partial charge in [0.25, 0.3) is 0 Å². The molecule has 0 spiro atoms. The molecule has 30 heavy (non-hydrogen) atoms. The Morgan fingerprint density at radius 1 is 1.03 bits per heavy atom. The molecule has 1 amide bonds. The summed E-state index contributed by atoms with van der Waals surface area (Å²) in [6.45, 7) is 3.95. The number of sulfonamides is 1. The first-order chi connectivity index (χ1) is 14.2. The lowest BCUT2D eigenvalue weighted by Crippen LogP contribution is -2.43. The molecule has 0 bridgehead atoms. The number of carbonyl (C=O) groups excluding carboxylic acids is 1. The molecule has 0 saturated carbocycles. The van der Waals surface area contributed by atoms with Crippen LogP contribution in [0.25, 0.3) is 10.9 Å². The second kappa shape index (κ2) is 8.81. The number of hydrogen-bond acceptors (Lipinski definition) is 4. The molecular formula is C22H25N3O4S. The molecule has 0 fully saturated rings. The lowest BCUT2D eigenvalue weighted by molar-refractivity contribution is -0.133. The minimum atomic E-state index is -3.87. The van der Waals surface area contributed by atoms with Crippen molar-refractivity contribution in [3.05, 3.63) is 76.6 Å². The maximum absolute atomic E-state index is 13.0. The van der Waals surface area contributed by atoms with Crippen molar-refractivity contribution < 1.29 is 13.2 Å². The third-order valence-corrected chi connectivity index (χ3v) is 6.70. The zero-order valence-electron chi connectivity index (χ0n) is 17.2. The molecule has 2 aromatic carbocycles. The summed E-state index contributed by atoms with van der Waals surface area (Å²) in [5.74, 6) is -0.273. The first kappa shape index (κ1) is 21.7. The highest BCUT2D eigenvalue weighted by atomic mass is 32.2. The van der Waals surface area contributed by atoms with E-state index in [9.17, 15) is 18.0 Å². The molecule has 0 aliphatic heterocycles. The summed E-state index contributed by atoms with van der Waals surface area (Å²) in [4.78, 5) is 28.7. The molecular weight excluding hydrogens is 402 g/mol. The van der Waals surface area contributed by atoms with Crippen molar-refractivity contribution in [2.75, 3.05) is 13.6 Å². The van der Waals surface area contributed by atoms with Gasteiger partial charge in [0.15, 0.2) is 0 Å². The number of rotatable bonds is 7. The van der Waals surface area contributed by atoms with Gasteiger partial charge in [-0.15, -0.1) is 0 Å². The Morgan fingerprint density at radius 2 is 1.73 bits per heavy atom. The largest absolute Gasteiger partial charge is 0.335 e. The lowest BCUT2D eigenvalue weighted by atomic mass is 10.2. The Hall–Kier alpha value is -2.97. The molecule has 1 heterocycles. The average Bonchev–Trinajstić information content (AvgIpc) is 2.71. The van der Waals surface area contributed by atoms with Crippen molar-refractivity contribution in [2.45, 2.75) is 31.3 Å². The molecule has 3 aromatic rings. The predicted octanol–water partition coefficient (Wildman–Crippen LogP) is 2.59. The fraction of sp³-hybridized carbons (Fsp3) is 0.273. The van der Waals surface area contributed by atoms with E-state index in [4.69, 9.17) is 0 Å². The summed E-state index contributed by atoms with van der Waals surface area (Å²) in [6.07, 6.45) is 0. The molecule has 0 atom stereocenters. The summed E-state index contributed by atoms with van der Waals surface area (Å²) < 4.78 is 27.1. The van der Waals surface area contributed by atoms with E-state index >= 15 is 0 Å². The minimum Gasteiger partial charge on any atom is -0.335 e. The fourth-order valence-electron chi connectivity index (χ4n) is 3.18. The van der Waals surface area contributed by atoms with E-state index < -0.39 is 10.0 Å². The quantitative estimate of drug-likeness (QED) is 0.628. The number of aromatic amines is 1. The zero-order chi connectivity index (χ0) is 21.9. The van der Waals surface area contributed by atoms with Crippen LogP contribution in [0, 0.1) is 0 Å². The molecule has 0 saturated heterocycles. The lowest BCUT2D eigenvalue weighted by Gasteiger charge is -2.29. The van der Waals surface area contributed by atoms with E-state index in [1.165, 1.54) is 25.2 Å². The summed E-state index contributed by atoms with van der Waals surface area (Å²) in [7, 11) is -2.48. The van der Waals surface area contributed by atoms with E-state index in [0.29, 0.717) is 17.4 Å². The van der Waals surface area contributed by atoms with Crippen LogP contribution in [0.5, 0.6) is 0 Å². The van der Waals surface area contributed by atoms with Gasteiger partial charge in [-0.05, 0) is 49.1 Å². The van der Waals surface area contributed by atoms with Gasteiger partial charge in [-0.2, -0.15) is 4.31 Å². The van der Waals surface area contributed by atoms with Crippen LogP contribution in [0.15, 0.2) is 70.4 Å². The summed E-state index contributed by atoms with van der Waals surface area (Å²) >= 11 is 0. The Balaban J connectivity index is 1.80. The monoisotopic (exact) mass is 427 g/mol. The van der Waals surface area contributed by atoms with Gasteiger partial charge in [0.1, 0.15) is 0 Å². The third-order valence-electron chi connectivity index (χ3n) is 4.90. The van der Waals surface area contributed by atoms with Gasteiger partial charge in [0.05, 0.1) is 11.4 Å². The predicted molar refractivity (Wildman–Crippen MR) is 117 cm³/mol. The number of fused-ring (bicyclic) bond motifs is 1. The van der Waals surface area contributed by atoms with Crippen LogP contribution in [0.3, 0.4) is 0 Å². The van der Waals surface area contributed by atoms with Crippen molar-refractivity contribution in [3.8, 4) is 0 Å². The van der Waals surface area contributed by atoms with Crippen LogP contribution < -0.4 is 5.56 Å². The Morgan fingerprint density at radius 3 is 2.40 bits per heavy atom. The van der Waals surface area contributed by atoms with E-state index in [2.05, 4.69) is 4.98 Å². The van der Waals surface area contributed by atoms with Gasteiger partial charge in [0, 0.05) is 31.2 Å². The minimum absolute atomic E-state index is 0.0662. The molecule has 1 aromatic heterocycles. The molecule has 7 nitrogen and oxygen atoms in total. The van der Waals surface area contributed by atoms with Crippen LogP contribution >= 0.6 is 0 Å². The zero-order valence-corrected chi connectivity index (χ0v) is 18.0. The summed E-state index contributed by atoms with van der Waals surface area (Å²) in [6, 6.07) is 16.9. The van der Waals surface area contributed by atoms with E-state index in [1.807, 2.05) is 44.2 Å². The molecule has 0 radical (unpaired) electrons. The molecule has 0 aliphatic carbocycles. The second-order valence-electron chi connectivity index (χ2n) is 7.43. The molecule has 0 unspecified atom stereocenters. The van der Waals surface area contributed by atoms with Crippen LogP contribution in [0.4, 0.5) is 0 Å². The molecule has 158 valence electrons. The van der Waals surface area contributed by atoms with Crippen molar-refractivity contribution in [2.24, 2.45) is 0 Å². The van der Waals surface area contributed by atoms with Gasteiger partial charge in [0.2, 0.25) is 21.5 Å². The van der Waals surface area contributed by atoms with Crippen molar-refractivity contribution in [1.82, 2.24) is 14.2 Å². The third kappa shape index (κ3) is 4.77. The molecule has 8 heteroatoms. The molecule has 0 aliphatic rings. The second-order valence-corrected chi connectivity index (χ2v) is 9.48. The number of carbonyl (C=O) groups is 1. The number of hydrogen-bond donors (Lipinski definition) is 1. The van der Waals surface area contributed by atoms with Gasteiger partial charge in [-0.25, -0.2) is 8.42 Å². The first-order valence-electron chi connectivity index (χ1n) is 9.61. The summed E-state index contributed by atoms with van der Waals surface area (Å²) in [5.41, 5.74) is 1.27. The molecule has 3 rings (SSSR count). The number of likely N-dealkylation sites (N-methyl/N-ethyl adjacent to an activating group) is 1. The normalized spacial score (nSPS) is 11.9. The number of nitrogens with zero attached hydrogens (tertiary/aromatic N) is 2.